The topological polar surface area (TPSA) is 127 Å². The Morgan fingerprint density at radius 3 is 2.74 bits per heavy atom. The van der Waals surface area contributed by atoms with E-state index in [4.69, 9.17) is 11.1 Å². The van der Waals surface area contributed by atoms with Gasteiger partial charge in [0, 0.05) is 43.5 Å². The number of nitrogens with zero attached hydrogens (tertiary/aromatic N) is 4. The molecule has 1 aliphatic heterocycles. The van der Waals surface area contributed by atoms with Crippen molar-refractivity contribution < 1.29 is 0 Å². The Bertz CT molecular complexity index is 1250. The first-order chi connectivity index (χ1) is 16.4. The number of rotatable bonds is 6. The minimum absolute atomic E-state index is 0.0234. The van der Waals surface area contributed by atoms with Gasteiger partial charge in [0.2, 0.25) is 0 Å². The monoisotopic (exact) mass is 460 g/mol. The first-order valence-corrected chi connectivity index (χ1v) is 12.0. The Kier molecular flexibility index (Phi) is 6.05. The van der Waals surface area contributed by atoms with E-state index in [0.29, 0.717) is 24.2 Å². The molecule has 3 atom stereocenters. The van der Waals surface area contributed by atoms with E-state index in [1.54, 1.807) is 6.92 Å². The van der Waals surface area contributed by atoms with Crippen LogP contribution in [0.3, 0.4) is 0 Å². The van der Waals surface area contributed by atoms with E-state index in [0.717, 1.165) is 53.9 Å². The number of piperazine rings is 1. The van der Waals surface area contributed by atoms with Gasteiger partial charge in [-0.05, 0) is 56.0 Å². The number of H-pyrrole nitrogens is 1. The lowest BCUT2D eigenvalue weighted by atomic mass is 9.81. The van der Waals surface area contributed by atoms with Crippen LogP contribution < -0.4 is 21.5 Å². The summed E-state index contributed by atoms with van der Waals surface area (Å²) in [5.74, 6) is 0.240. The van der Waals surface area contributed by atoms with Gasteiger partial charge in [-0.1, -0.05) is 6.92 Å². The van der Waals surface area contributed by atoms with E-state index in [2.05, 4.69) is 42.2 Å². The Labute approximate surface area is 198 Å². The number of anilines is 1. The van der Waals surface area contributed by atoms with Gasteiger partial charge in [0.05, 0.1) is 29.1 Å². The Morgan fingerprint density at radius 1 is 1.24 bits per heavy atom. The Morgan fingerprint density at radius 2 is 2.06 bits per heavy atom. The highest BCUT2D eigenvalue weighted by atomic mass is 16.1. The molecule has 3 unspecified atom stereocenters. The van der Waals surface area contributed by atoms with Crippen LogP contribution in [0.5, 0.6) is 0 Å². The highest BCUT2D eigenvalue weighted by Crippen LogP contribution is 2.37. The summed E-state index contributed by atoms with van der Waals surface area (Å²) in [6.45, 7) is 6.49. The van der Waals surface area contributed by atoms with Crippen LogP contribution in [-0.4, -0.2) is 57.0 Å². The summed E-state index contributed by atoms with van der Waals surface area (Å²) in [6.07, 6.45) is 6.55. The maximum atomic E-state index is 12.2. The molecule has 0 aromatic carbocycles. The largest absolute Gasteiger partial charge is 0.364 e. The fraction of sp³-hybridized carbons (Fsp3) is 0.440. The van der Waals surface area contributed by atoms with Gasteiger partial charge >= 0.3 is 0 Å². The fourth-order valence-corrected chi connectivity index (χ4v) is 5.09. The predicted octanol–water partition coefficient (Wildman–Crippen LogP) is 1.95. The second-order valence-electron chi connectivity index (χ2n) is 9.34. The Balaban J connectivity index is 1.27. The van der Waals surface area contributed by atoms with Crippen molar-refractivity contribution in [1.29, 1.82) is 5.41 Å². The maximum absolute atomic E-state index is 12.2. The van der Waals surface area contributed by atoms with Crippen LogP contribution >= 0.6 is 0 Å². The summed E-state index contributed by atoms with van der Waals surface area (Å²) in [7, 11) is 0. The van der Waals surface area contributed by atoms with E-state index in [1.165, 1.54) is 6.42 Å². The van der Waals surface area contributed by atoms with Crippen LogP contribution in [0.2, 0.25) is 0 Å². The number of nitrogens with two attached hydrogens (primary N) is 1. The molecule has 0 amide bonds. The number of nitrogens with one attached hydrogen (secondary N) is 3. The lowest BCUT2D eigenvalue weighted by Gasteiger charge is -2.54. The van der Waals surface area contributed by atoms with Crippen molar-refractivity contribution in [3.05, 3.63) is 63.8 Å². The molecule has 34 heavy (non-hydrogen) atoms. The summed E-state index contributed by atoms with van der Waals surface area (Å²) in [4.78, 5) is 29.3. The number of aryl methyl sites for hydroxylation is 1. The van der Waals surface area contributed by atoms with Crippen molar-refractivity contribution in [2.24, 2.45) is 5.73 Å². The van der Waals surface area contributed by atoms with Crippen molar-refractivity contribution in [1.82, 2.24) is 25.2 Å². The van der Waals surface area contributed by atoms with Gasteiger partial charge in [-0.15, -0.1) is 0 Å². The van der Waals surface area contributed by atoms with Crippen molar-refractivity contribution in [3.8, 4) is 0 Å². The molecule has 1 saturated heterocycles. The van der Waals surface area contributed by atoms with Crippen molar-refractivity contribution in [3.63, 3.8) is 0 Å². The minimum Gasteiger partial charge on any atom is -0.364 e. The standard InChI is InChI=1S/C25H32N8O/c1-3-17-11-20-21(31-25(17)34)10-16(12-28-20)14-32-8-9-33(23-7-6-22(23)32)18-4-5-19(29-13-18)24(27)30-15(2)26/h4-5,10-13,15,22-23H,3,6-9,14,26H2,1-2H3,(H2,27,30)(H,31,34). The molecule has 1 saturated carbocycles. The lowest BCUT2D eigenvalue weighted by Crippen LogP contribution is -2.64. The third-order valence-electron chi connectivity index (χ3n) is 7.00. The quantitative estimate of drug-likeness (QED) is 0.252. The number of aromatic amines is 1. The van der Waals surface area contributed by atoms with Gasteiger partial charge < -0.3 is 20.9 Å². The van der Waals surface area contributed by atoms with Gasteiger partial charge in [-0.2, -0.15) is 0 Å². The lowest BCUT2D eigenvalue weighted by molar-refractivity contribution is 0.0658. The summed E-state index contributed by atoms with van der Waals surface area (Å²) in [5, 5.41) is 11.0. The third kappa shape index (κ3) is 4.28. The molecule has 2 fully saturated rings. The van der Waals surface area contributed by atoms with Crippen LogP contribution in [-0.2, 0) is 13.0 Å². The first kappa shape index (κ1) is 22.5. The van der Waals surface area contributed by atoms with Gasteiger partial charge in [0.15, 0.2) is 0 Å². The van der Waals surface area contributed by atoms with E-state index in [-0.39, 0.29) is 17.6 Å². The first-order valence-electron chi connectivity index (χ1n) is 12.0. The smallest absolute Gasteiger partial charge is 0.251 e. The summed E-state index contributed by atoms with van der Waals surface area (Å²) in [6, 6.07) is 8.85. The molecular formula is C25H32N8O. The zero-order valence-corrected chi connectivity index (χ0v) is 19.7. The minimum atomic E-state index is -0.287. The molecule has 9 nitrogen and oxygen atoms in total. The number of fused-ring (bicyclic) bond motifs is 2. The van der Waals surface area contributed by atoms with Gasteiger partial charge in [-0.3, -0.25) is 25.1 Å². The molecule has 5 N–H and O–H groups in total. The molecule has 2 aliphatic rings. The average molecular weight is 461 g/mol. The second kappa shape index (κ2) is 9.15. The second-order valence-corrected chi connectivity index (χ2v) is 9.34. The predicted molar refractivity (Wildman–Crippen MR) is 134 cm³/mol. The van der Waals surface area contributed by atoms with Gasteiger partial charge in [0.25, 0.3) is 5.56 Å². The van der Waals surface area contributed by atoms with E-state index < -0.39 is 0 Å². The molecule has 178 valence electrons. The number of aromatic nitrogens is 3. The maximum Gasteiger partial charge on any atom is 0.251 e. The van der Waals surface area contributed by atoms with Crippen LogP contribution in [0.4, 0.5) is 5.69 Å². The van der Waals surface area contributed by atoms with Crippen LogP contribution in [0.25, 0.3) is 11.0 Å². The molecule has 3 aromatic heterocycles. The highest BCUT2D eigenvalue weighted by Gasteiger charge is 2.42. The number of hydrogen-bond donors (Lipinski definition) is 4. The molecule has 3 aromatic rings. The van der Waals surface area contributed by atoms with Crippen LogP contribution in [0.15, 0.2) is 41.5 Å². The zero-order chi connectivity index (χ0) is 23.8. The average Bonchev–Trinajstić information content (AvgIpc) is 2.79. The highest BCUT2D eigenvalue weighted by molar-refractivity contribution is 5.94. The molecule has 1 aliphatic carbocycles. The van der Waals surface area contributed by atoms with Crippen molar-refractivity contribution in [2.75, 3.05) is 18.0 Å². The number of hydrogen-bond acceptors (Lipinski definition) is 7. The molecular weight excluding hydrogens is 428 g/mol. The normalized spacial score (nSPS) is 21.1. The van der Waals surface area contributed by atoms with Crippen LogP contribution in [0, 0.1) is 5.41 Å². The molecule has 4 heterocycles. The number of pyridine rings is 3. The zero-order valence-electron chi connectivity index (χ0n) is 19.7. The summed E-state index contributed by atoms with van der Waals surface area (Å²) >= 11 is 0. The third-order valence-corrected chi connectivity index (χ3v) is 7.00. The SMILES string of the molecule is CCc1cc2ncc(CN3CCN(c4ccc(C(=N)NC(C)N)nc4)C4CCC43)cc2[nH]c1=O. The van der Waals surface area contributed by atoms with Crippen molar-refractivity contribution >= 4 is 22.6 Å². The van der Waals surface area contributed by atoms with Gasteiger partial charge in [-0.25, -0.2) is 0 Å². The Hall–Kier alpha value is -3.30. The van der Waals surface area contributed by atoms with E-state index in [1.807, 2.05) is 31.5 Å². The molecule has 9 heteroatoms. The van der Waals surface area contributed by atoms with Crippen molar-refractivity contribution in [2.45, 2.75) is 57.9 Å². The van der Waals surface area contributed by atoms with E-state index >= 15 is 0 Å². The molecule has 0 radical (unpaired) electrons. The molecule has 0 spiro atoms. The fourth-order valence-electron chi connectivity index (χ4n) is 5.09. The number of amidine groups is 1. The van der Waals surface area contributed by atoms with E-state index in [9.17, 15) is 4.79 Å². The molecule has 5 rings (SSSR count). The van der Waals surface area contributed by atoms with Gasteiger partial charge in [0.1, 0.15) is 11.5 Å². The molecule has 0 bridgehead atoms. The summed E-state index contributed by atoms with van der Waals surface area (Å²) in [5.41, 5.74) is 10.9. The van der Waals surface area contributed by atoms with Crippen LogP contribution in [0.1, 0.15) is 43.5 Å². The summed E-state index contributed by atoms with van der Waals surface area (Å²) < 4.78 is 0.